The maximum atomic E-state index is 12.4. The molecule has 0 atom stereocenters. The third-order valence-corrected chi connectivity index (χ3v) is 5.19. The highest BCUT2D eigenvalue weighted by Gasteiger charge is 2.31. The summed E-state index contributed by atoms with van der Waals surface area (Å²) in [5.41, 5.74) is 3.03. The fraction of sp³-hybridized carbons (Fsp3) is 0.250. The topological polar surface area (TPSA) is 39.1 Å². The Labute approximate surface area is 175 Å². The molecule has 0 amide bonds. The first-order chi connectivity index (χ1) is 13.8. The third kappa shape index (κ3) is 4.31. The van der Waals surface area contributed by atoms with Crippen LogP contribution in [-0.4, -0.2) is 22.7 Å². The van der Waals surface area contributed by atoms with E-state index < -0.39 is 6.36 Å². The lowest BCUT2D eigenvalue weighted by molar-refractivity contribution is -0.274. The zero-order valence-electron chi connectivity index (χ0n) is 15.1. The van der Waals surface area contributed by atoms with Gasteiger partial charge in [-0.1, -0.05) is 23.2 Å². The fourth-order valence-electron chi connectivity index (χ4n) is 3.37. The molecule has 0 spiro atoms. The highest BCUT2D eigenvalue weighted by atomic mass is 35.5. The zero-order valence-corrected chi connectivity index (χ0v) is 16.6. The van der Waals surface area contributed by atoms with Crippen LogP contribution in [0.15, 0.2) is 42.5 Å². The van der Waals surface area contributed by atoms with Crippen LogP contribution in [-0.2, 0) is 6.42 Å². The van der Waals surface area contributed by atoms with Gasteiger partial charge in [0, 0.05) is 22.7 Å². The summed E-state index contributed by atoms with van der Waals surface area (Å²) >= 11 is 12.6. The number of halogens is 5. The van der Waals surface area contributed by atoms with E-state index in [4.69, 9.17) is 28.3 Å². The van der Waals surface area contributed by atoms with Crippen LogP contribution in [0, 0.1) is 0 Å². The number of alkyl halides is 3. The summed E-state index contributed by atoms with van der Waals surface area (Å²) in [7, 11) is 0. The Morgan fingerprint density at radius 2 is 1.79 bits per heavy atom. The minimum absolute atomic E-state index is 0.287. The van der Waals surface area contributed by atoms with Crippen molar-refractivity contribution in [2.75, 3.05) is 11.9 Å². The van der Waals surface area contributed by atoms with Gasteiger partial charge in [0.05, 0.1) is 16.4 Å². The average Bonchev–Trinajstić information content (AvgIpc) is 2.84. The number of nitrogens with zero attached hydrogens (tertiary/aromatic N) is 2. The molecule has 0 aliphatic carbocycles. The van der Waals surface area contributed by atoms with E-state index in [1.54, 1.807) is 22.9 Å². The van der Waals surface area contributed by atoms with Crippen molar-refractivity contribution in [1.29, 1.82) is 0 Å². The molecule has 152 valence electrons. The van der Waals surface area contributed by atoms with Crippen molar-refractivity contribution in [2.45, 2.75) is 25.6 Å². The fourth-order valence-corrected chi connectivity index (χ4v) is 3.75. The molecular weight excluding hydrogens is 426 g/mol. The Morgan fingerprint density at radius 1 is 1.03 bits per heavy atom. The summed E-state index contributed by atoms with van der Waals surface area (Å²) in [6, 6.07) is 10.8. The highest BCUT2D eigenvalue weighted by molar-refractivity contribution is 6.35. The summed E-state index contributed by atoms with van der Waals surface area (Å²) in [6.45, 7) is 0.774. The first-order valence-electron chi connectivity index (χ1n) is 8.99. The average molecular weight is 442 g/mol. The normalized spacial score (nSPS) is 14.1. The Balaban J connectivity index is 1.80. The summed E-state index contributed by atoms with van der Waals surface area (Å²) in [4.78, 5) is 0. The molecule has 4 nitrogen and oxygen atoms in total. The van der Waals surface area contributed by atoms with Crippen molar-refractivity contribution in [3.05, 3.63) is 58.1 Å². The lowest BCUT2D eigenvalue weighted by Crippen LogP contribution is -2.17. The van der Waals surface area contributed by atoms with Gasteiger partial charge < -0.3 is 10.1 Å². The van der Waals surface area contributed by atoms with Crippen LogP contribution >= 0.6 is 23.2 Å². The summed E-state index contributed by atoms with van der Waals surface area (Å²) in [6.07, 6.45) is -1.96. The number of aromatic nitrogens is 2. The number of rotatable bonds is 3. The van der Waals surface area contributed by atoms with E-state index in [1.807, 2.05) is 0 Å². The predicted molar refractivity (Wildman–Crippen MR) is 107 cm³/mol. The van der Waals surface area contributed by atoms with Crippen LogP contribution in [0.5, 0.6) is 5.75 Å². The molecule has 0 saturated carbocycles. The molecule has 1 N–H and O–H groups in total. The Hall–Kier alpha value is -2.38. The van der Waals surface area contributed by atoms with Gasteiger partial charge in [0.1, 0.15) is 11.6 Å². The van der Waals surface area contributed by atoms with E-state index in [9.17, 15) is 13.2 Å². The molecule has 1 aromatic heterocycles. The lowest BCUT2D eigenvalue weighted by atomic mass is 10.0. The molecule has 0 saturated heterocycles. The van der Waals surface area contributed by atoms with E-state index in [0.717, 1.165) is 42.8 Å². The number of benzene rings is 2. The monoisotopic (exact) mass is 441 g/mol. The molecule has 0 fully saturated rings. The number of ether oxygens (including phenoxy) is 1. The molecule has 0 bridgehead atoms. The van der Waals surface area contributed by atoms with E-state index in [0.29, 0.717) is 21.4 Å². The second-order valence-electron chi connectivity index (χ2n) is 6.64. The van der Waals surface area contributed by atoms with Gasteiger partial charge in [0.2, 0.25) is 0 Å². The van der Waals surface area contributed by atoms with E-state index in [1.165, 1.54) is 24.3 Å². The molecule has 9 heteroatoms. The first kappa shape index (κ1) is 19.9. The molecule has 29 heavy (non-hydrogen) atoms. The van der Waals surface area contributed by atoms with Crippen molar-refractivity contribution in [1.82, 2.24) is 9.78 Å². The van der Waals surface area contributed by atoms with Gasteiger partial charge in [-0.25, -0.2) is 4.68 Å². The Bertz CT molecular complexity index is 1030. The number of hydrogen-bond acceptors (Lipinski definition) is 3. The summed E-state index contributed by atoms with van der Waals surface area (Å²) in [5.74, 6) is 0.517. The quantitative estimate of drug-likeness (QED) is 0.504. The minimum atomic E-state index is -4.73. The maximum Gasteiger partial charge on any atom is 0.573 e. The smallest absolute Gasteiger partial charge is 0.406 e. The van der Waals surface area contributed by atoms with Gasteiger partial charge in [0.25, 0.3) is 0 Å². The molecule has 1 aliphatic heterocycles. The van der Waals surface area contributed by atoms with Gasteiger partial charge in [-0.05, 0) is 61.7 Å². The number of nitrogens with one attached hydrogen (secondary N) is 1. The minimum Gasteiger partial charge on any atom is -0.406 e. The largest absolute Gasteiger partial charge is 0.573 e. The van der Waals surface area contributed by atoms with Crippen LogP contribution in [0.4, 0.5) is 19.0 Å². The van der Waals surface area contributed by atoms with Crippen molar-refractivity contribution >= 4 is 29.0 Å². The van der Waals surface area contributed by atoms with E-state index in [-0.39, 0.29) is 5.75 Å². The van der Waals surface area contributed by atoms with Gasteiger partial charge in [-0.15, -0.1) is 13.2 Å². The molecule has 3 aromatic rings. The van der Waals surface area contributed by atoms with Gasteiger partial charge in [-0.2, -0.15) is 5.10 Å². The Morgan fingerprint density at radius 3 is 2.52 bits per heavy atom. The van der Waals surface area contributed by atoms with Gasteiger partial charge in [0.15, 0.2) is 0 Å². The van der Waals surface area contributed by atoms with Gasteiger partial charge >= 0.3 is 6.36 Å². The van der Waals surface area contributed by atoms with Crippen LogP contribution in [0.1, 0.15) is 18.4 Å². The summed E-state index contributed by atoms with van der Waals surface area (Å²) < 4.78 is 42.9. The van der Waals surface area contributed by atoms with Crippen molar-refractivity contribution in [2.24, 2.45) is 0 Å². The second-order valence-corrected chi connectivity index (χ2v) is 7.48. The molecule has 4 rings (SSSR count). The number of fused-ring (bicyclic) bond motifs is 1. The van der Waals surface area contributed by atoms with Crippen LogP contribution < -0.4 is 10.1 Å². The lowest BCUT2D eigenvalue weighted by Gasteiger charge is -2.11. The van der Waals surface area contributed by atoms with E-state index >= 15 is 0 Å². The number of hydrogen-bond donors (Lipinski definition) is 1. The SMILES string of the molecule is FC(F)(F)Oc1ccc(-n2nc(-c3cc(Cl)ccc3Cl)c3c2NCCCC3)cc1. The third-order valence-electron chi connectivity index (χ3n) is 4.63. The summed E-state index contributed by atoms with van der Waals surface area (Å²) in [5, 5.41) is 9.18. The predicted octanol–water partition coefficient (Wildman–Crippen LogP) is 6.49. The van der Waals surface area contributed by atoms with Crippen LogP contribution in [0.25, 0.3) is 16.9 Å². The molecule has 2 heterocycles. The van der Waals surface area contributed by atoms with Crippen LogP contribution in [0.3, 0.4) is 0 Å². The zero-order chi connectivity index (χ0) is 20.6. The van der Waals surface area contributed by atoms with Crippen LogP contribution in [0.2, 0.25) is 10.0 Å². The van der Waals surface area contributed by atoms with Crippen molar-refractivity contribution in [3.8, 4) is 22.7 Å². The maximum absolute atomic E-state index is 12.4. The van der Waals surface area contributed by atoms with Crippen molar-refractivity contribution < 1.29 is 17.9 Å². The molecule has 1 aliphatic rings. The van der Waals surface area contributed by atoms with E-state index in [2.05, 4.69) is 10.1 Å². The standard InChI is InChI=1S/C20H16Cl2F3N3O/c21-12-4-9-17(22)16(11-12)18-15-3-1-2-10-26-19(15)28(27-18)13-5-7-14(8-6-13)29-20(23,24)25/h4-9,11,26H,1-3,10H2. The molecule has 0 radical (unpaired) electrons. The molecule has 2 aromatic carbocycles. The van der Waals surface area contributed by atoms with Crippen molar-refractivity contribution in [3.63, 3.8) is 0 Å². The number of anilines is 1. The first-order valence-corrected chi connectivity index (χ1v) is 9.75. The molecular formula is C20H16Cl2F3N3O. The highest BCUT2D eigenvalue weighted by Crippen LogP contribution is 2.38. The second kappa shape index (κ2) is 7.80. The molecule has 0 unspecified atom stereocenters. The van der Waals surface area contributed by atoms with Gasteiger partial charge in [-0.3, -0.25) is 0 Å². The Kier molecular flexibility index (Phi) is 5.36.